The zero-order chi connectivity index (χ0) is 27.4. The van der Waals surface area contributed by atoms with Crippen LogP contribution in [-0.4, -0.2) is 61.9 Å². The van der Waals surface area contributed by atoms with E-state index in [0.29, 0.717) is 22.6 Å². The first-order chi connectivity index (χ1) is 18.2. The third kappa shape index (κ3) is 5.67. The minimum atomic E-state index is -1.11. The second-order valence-corrected chi connectivity index (χ2v) is 9.46. The molecule has 4 rings (SSSR count). The number of anilines is 3. The summed E-state index contributed by atoms with van der Waals surface area (Å²) in [6, 6.07) is 19.3. The predicted molar refractivity (Wildman–Crippen MR) is 148 cm³/mol. The summed E-state index contributed by atoms with van der Waals surface area (Å²) in [5, 5.41) is 5.47. The molecule has 0 spiro atoms. The van der Waals surface area contributed by atoms with Gasteiger partial charge in [0.05, 0.1) is 24.5 Å². The van der Waals surface area contributed by atoms with Gasteiger partial charge in [-0.1, -0.05) is 48.5 Å². The maximum absolute atomic E-state index is 13.9. The quantitative estimate of drug-likeness (QED) is 0.499. The Hall–Kier alpha value is -4.66. The molecule has 0 bridgehead atoms. The van der Waals surface area contributed by atoms with Crippen LogP contribution in [0.2, 0.25) is 0 Å². The van der Waals surface area contributed by atoms with Gasteiger partial charge in [-0.25, -0.2) is 9.59 Å². The van der Waals surface area contributed by atoms with Crippen LogP contribution in [0.4, 0.5) is 26.7 Å². The molecular formula is C29H31N5O4. The molecule has 1 aliphatic rings. The molecule has 38 heavy (non-hydrogen) atoms. The Morgan fingerprint density at radius 3 is 2.29 bits per heavy atom. The lowest BCUT2D eigenvalue weighted by atomic mass is 10.0. The topological polar surface area (TPSA) is 102 Å². The van der Waals surface area contributed by atoms with Gasteiger partial charge < -0.3 is 20.4 Å². The van der Waals surface area contributed by atoms with Crippen LogP contribution < -0.4 is 20.4 Å². The molecule has 1 unspecified atom stereocenters. The number of hydrogen-bond acceptors (Lipinski definition) is 4. The minimum Gasteiger partial charge on any atom is -0.330 e. The van der Waals surface area contributed by atoms with Crippen molar-refractivity contribution in [1.82, 2.24) is 10.2 Å². The van der Waals surface area contributed by atoms with E-state index in [1.54, 1.807) is 62.6 Å². The van der Waals surface area contributed by atoms with Crippen molar-refractivity contribution in [1.29, 1.82) is 0 Å². The minimum absolute atomic E-state index is 0.108. The molecule has 3 aromatic rings. The summed E-state index contributed by atoms with van der Waals surface area (Å²) >= 11 is 0. The van der Waals surface area contributed by atoms with Crippen LogP contribution in [0.5, 0.6) is 0 Å². The third-order valence-electron chi connectivity index (χ3n) is 6.33. The van der Waals surface area contributed by atoms with Gasteiger partial charge in [0, 0.05) is 25.3 Å². The molecule has 0 aliphatic carbocycles. The number of carbonyl (C=O) groups is 4. The first-order valence-corrected chi connectivity index (χ1v) is 12.3. The number of aryl methyl sites for hydroxylation is 2. The zero-order valence-electron chi connectivity index (χ0n) is 21.9. The van der Waals surface area contributed by atoms with Gasteiger partial charge in [-0.3, -0.25) is 14.5 Å². The highest BCUT2D eigenvalue weighted by molar-refractivity contribution is 6.12. The van der Waals surface area contributed by atoms with Gasteiger partial charge in [-0.15, -0.1) is 0 Å². The number of Topliss-reactive ketones (excluding diaryl/α,β-unsaturated/α-hetero) is 1. The molecule has 196 valence electrons. The first kappa shape index (κ1) is 26.4. The van der Waals surface area contributed by atoms with Gasteiger partial charge >= 0.3 is 12.1 Å². The number of hydrogen-bond donors (Lipinski definition) is 2. The largest absolute Gasteiger partial charge is 0.330 e. The number of rotatable bonds is 5. The van der Waals surface area contributed by atoms with E-state index >= 15 is 0 Å². The van der Waals surface area contributed by atoms with Gasteiger partial charge in [0.25, 0.3) is 5.91 Å². The first-order valence-electron chi connectivity index (χ1n) is 12.3. The fourth-order valence-corrected chi connectivity index (χ4v) is 4.44. The molecule has 0 fully saturated rings. The van der Waals surface area contributed by atoms with E-state index in [1.807, 2.05) is 38.1 Å². The Morgan fingerprint density at radius 1 is 0.921 bits per heavy atom. The number of carbonyl (C=O) groups excluding carboxylic acids is 4. The number of para-hydroxylation sites is 2. The normalized spacial score (nSPS) is 14.8. The second-order valence-electron chi connectivity index (χ2n) is 9.46. The van der Waals surface area contributed by atoms with Crippen LogP contribution in [0.25, 0.3) is 0 Å². The van der Waals surface area contributed by atoms with E-state index in [4.69, 9.17) is 0 Å². The second kappa shape index (κ2) is 11.2. The molecule has 0 radical (unpaired) electrons. The monoisotopic (exact) mass is 513 g/mol. The predicted octanol–water partition coefficient (Wildman–Crippen LogP) is 4.21. The van der Waals surface area contributed by atoms with Crippen LogP contribution in [0, 0.1) is 13.8 Å². The number of nitrogens with one attached hydrogen (secondary N) is 2. The maximum atomic E-state index is 13.9. The van der Waals surface area contributed by atoms with Gasteiger partial charge in [0.1, 0.15) is 6.04 Å². The van der Waals surface area contributed by atoms with Crippen molar-refractivity contribution in [2.45, 2.75) is 19.9 Å². The van der Waals surface area contributed by atoms with Crippen molar-refractivity contribution in [3.05, 3.63) is 89.5 Å². The van der Waals surface area contributed by atoms with Crippen LogP contribution in [0.1, 0.15) is 21.5 Å². The van der Waals surface area contributed by atoms with Crippen molar-refractivity contribution in [3.63, 3.8) is 0 Å². The summed E-state index contributed by atoms with van der Waals surface area (Å²) in [7, 11) is 3.23. The highest BCUT2D eigenvalue weighted by Crippen LogP contribution is 2.33. The molecule has 5 amide bonds. The summed E-state index contributed by atoms with van der Waals surface area (Å²) in [6.45, 7) is 3.39. The summed E-state index contributed by atoms with van der Waals surface area (Å²) in [5.41, 5.74) is 3.72. The lowest BCUT2D eigenvalue weighted by Crippen LogP contribution is -2.55. The number of benzene rings is 3. The Kier molecular flexibility index (Phi) is 7.76. The van der Waals surface area contributed by atoms with E-state index in [2.05, 4.69) is 10.6 Å². The molecule has 9 heteroatoms. The molecule has 9 nitrogen and oxygen atoms in total. The standard InChI is InChI=1S/C29H31N5O4/c1-19-10-9-12-21(16-19)30-28(37)31-23-17-34(29(38)32(3)4)25-15-8-7-14-24(25)33(27(23)36)18-26(35)22-13-6-5-11-20(22)2/h5-16,23H,17-18H2,1-4H3,(H2,30,31,37). The molecular weight excluding hydrogens is 482 g/mol. The van der Waals surface area contributed by atoms with Crippen LogP contribution in [0.3, 0.4) is 0 Å². The lowest BCUT2D eigenvalue weighted by Gasteiger charge is -2.27. The molecule has 3 aromatic carbocycles. The van der Waals surface area contributed by atoms with Gasteiger partial charge in [0.15, 0.2) is 5.78 Å². The summed E-state index contributed by atoms with van der Waals surface area (Å²) in [5.74, 6) is -0.741. The van der Waals surface area contributed by atoms with Gasteiger partial charge in [0.2, 0.25) is 0 Å². The smallest absolute Gasteiger partial charge is 0.324 e. The summed E-state index contributed by atoms with van der Waals surface area (Å²) < 4.78 is 0. The molecule has 0 saturated carbocycles. The zero-order valence-corrected chi connectivity index (χ0v) is 21.9. The fraction of sp³-hybridized carbons (Fsp3) is 0.241. The highest BCUT2D eigenvalue weighted by Gasteiger charge is 2.38. The van der Waals surface area contributed by atoms with E-state index < -0.39 is 18.0 Å². The Morgan fingerprint density at radius 2 is 1.61 bits per heavy atom. The summed E-state index contributed by atoms with van der Waals surface area (Å²) in [4.78, 5) is 57.6. The number of amides is 5. The molecule has 0 saturated heterocycles. The number of fused-ring (bicyclic) bond motifs is 1. The highest BCUT2D eigenvalue weighted by atomic mass is 16.2. The van der Waals surface area contributed by atoms with E-state index in [0.717, 1.165) is 11.1 Å². The van der Waals surface area contributed by atoms with Crippen molar-refractivity contribution in [2.24, 2.45) is 0 Å². The third-order valence-corrected chi connectivity index (χ3v) is 6.33. The van der Waals surface area contributed by atoms with E-state index in [1.165, 1.54) is 14.7 Å². The Bertz CT molecular complexity index is 1390. The van der Waals surface area contributed by atoms with Crippen LogP contribution in [0.15, 0.2) is 72.8 Å². The Balaban J connectivity index is 1.70. The van der Waals surface area contributed by atoms with Crippen molar-refractivity contribution in [2.75, 3.05) is 42.3 Å². The number of urea groups is 2. The average Bonchev–Trinajstić information content (AvgIpc) is 2.99. The van der Waals surface area contributed by atoms with Crippen molar-refractivity contribution < 1.29 is 19.2 Å². The van der Waals surface area contributed by atoms with Crippen LogP contribution in [-0.2, 0) is 4.79 Å². The van der Waals surface area contributed by atoms with Crippen molar-refractivity contribution >= 4 is 40.8 Å². The van der Waals surface area contributed by atoms with Gasteiger partial charge in [-0.2, -0.15) is 0 Å². The molecule has 2 N–H and O–H groups in total. The van der Waals surface area contributed by atoms with E-state index in [-0.39, 0.29) is 24.9 Å². The number of ketones is 1. The summed E-state index contributed by atoms with van der Waals surface area (Å²) in [6.07, 6.45) is 0. The molecule has 1 atom stereocenters. The Labute approximate surface area is 222 Å². The molecule has 0 aromatic heterocycles. The number of nitrogens with zero attached hydrogens (tertiary/aromatic N) is 3. The van der Waals surface area contributed by atoms with Crippen LogP contribution >= 0.6 is 0 Å². The molecule has 1 aliphatic heterocycles. The maximum Gasteiger partial charge on any atom is 0.324 e. The van der Waals surface area contributed by atoms with Crippen molar-refractivity contribution in [3.8, 4) is 0 Å². The average molecular weight is 514 g/mol. The molecule has 1 heterocycles. The van der Waals surface area contributed by atoms with Gasteiger partial charge in [-0.05, 0) is 49.2 Å². The van der Waals surface area contributed by atoms with E-state index in [9.17, 15) is 19.2 Å². The fourth-order valence-electron chi connectivity index (χ4n) is 4.44. The lowest BCUT2D eigenvalue weighted by molar-refractivity contribution is -0.119. The SMILES string of the molecule is Cc1cccc(NC(=O)NC2CN(C(=O)N(C)C)c3ccccc3N(CC(=O)c3ccccc3C)C2=O)c1.